The van der Waals surface area contributed by atoms with Crippen LogP contribution in [0.5, 0.6) is 0 Å². The molecule has 0 bridgehead atoms. The molecule has 8 aromatic rings. The third-order valence-corrected chi connectivity index (χ3v) is 9.25. The van der Waals surface area contributed by atoms with Crippen molar-refractivity contribution in [2.75, 3.05) is 0 Å². The van der Waals surface area contributed by atoms with E-state index < -0.39 is 0 Å². The maximum Gasteiger partial charge on any atom is 0.164 e. The lowest BCUT2D eigenvalue weighted by Gasteiger charge is -2.17. The molecule has 0 aliphatic heterocycles. The molecule has 4 heteroatoms. The fraction of sp³-hybridized carbons (Fsp3) is 0.0930. The van der Waals surface area contributed by atoms with Gasteiger partial charge in [-0.3, -0.25) is 0 Å². The van der Waals surface area contributed by atoms with Crippen molar-refractivity contribution < 1.29 is 4.42 Å². The van der Waals surface area contributed by atoms with Gasteiger partial charge in [-0.15, -0.1) is 6.42 Å². The van der Waals surface area contributed by atoms with E-state index in [-0.39, 0.29) is 0 Å². The Labute approximate surface area is 273 Å². The topological polar surface area (TPSA) is 51.8 Å². The summed E-state index contributed by atoms with van der Waals surface area (Å²) >= 11 is 0. The Balaban J connectivity index is 1.33. The Morgan fingerprint density at radius 1 is 0.617 bits per heavy atom. The zero-order chi connectivity index (χ0) is 31.9. The molecule has 6 aromatic carbocycles. The number of nitrogens with zero attached hydrogens (tertiary/aromatic N) is 3. The second kappa shape index (κ2) is 11.7. The van der Waals surface area contributed by atoms with Gasteiger partial charge in [0.25, 0.3) is 0 Å². The molecular weight excluding hydrogens is 574 g/mol. The molecular formula is C43H31N3O. The summed E-state index contributed by atoms with van der Waals surface area (Å²) in [5.41, 5.74) is 5.66. The number of furan rings is 1. The first kappa shape index (κ1) is 28.4. The van der Waals surface area contributed by atoms with Crippen molar-refractivity contribution in [1.29, 1.82) is 0 Å². The van der Waals surface area contributed by atoms with Gasteiger partial charge in [-0.05, 0) is 63.2 Å². The summed E-state index contributed by atoms with van der Waals surface area (Å²) in [7, 11) is 0. The van der Waals surface area contributed by atoms with Crippen LogP contribution in [-0.4, -0.2) is 15.0 Å². The molecule has 0 spiro atoms. The molecule has 0 amide bonds. The van der Waals surface area contributed by atoms with Crippen LogP contribution < -0.4 is 0 Å². The molecule has 0 aliphatic rings. The molecule has 2 unspecified atom stereocenters. The van der Waals surface area contributed by atoms with E-state index in [1.54, 1.807) is 6.08 Å². The molecule has 47 heavy (non-hydrogen) atoms. The predicted octanol–water partition coefficient (Wildman–Crippen LogP) is 11.0. The first-order valence-corrected chi connectivity index (χ1v) is 15.9. The van der Waals surface area contributed by atoms with Crippen LogP contribution in [-0.2, 0) is 0 Å². The molecule has 2 aromatic heterocycles. The van der Waals surface area contributed by atoms with Gasteiger partial charge in [0.15, 0.2) is 17.5 Å². The highest BCUT2D eigenvalue weighted by molar-refractivity contribution is 6.15. The first-order chi connectivity index (χ1) is 23.1. The van der Waals surface area contributed by atoms with E-state index in [4.69, 9.17) is 25.8 Å². The average molecular weight is 606 g/mol. The van der Waals surface area contributed by atoms with Crippen molar-refractivity contribution in [1.82, 2.24) is 15.0 Å². The molecule has 0 radical (unpaired) electrons. The van der Waals surface area contributed by atoms with Crippen LogP contribution in [0.15, 0.2) is 138 Å². The van der Waals surface area contributed by atoms with Gasteiger partial charge in [-0.2, -0.15) is 0 Å². The minimum atomic E-state index is 0.303. The Hall–Kier alpha value is -6.05. The van der Waals surface area contributed by atoms with E-state index in [1.165, 1.54) is 5.56 Å². The summed E-state index contributed by atoms with van der Waals surface area (Å²) < 4.78 is 6.40. The standard InChI is InChI=1S/C43H31N3O/c1-4-5-12-27(2)28(3)29-21-23-31(24-22-29)41-44-42(35-18-10-16-30-13-8-9-17-34(30)35)46-43(45-41)36-19-11-20-38-40(36)37-25-32-14-6-7-15-33(32)26-39(37)47-38/h1,5-28H,2-3H3/b12-5-. The summed E-state index contributed by atoms with van der Waals surface area (Å²) in [6.07, 6.45) is 9.31. The third kappa shape index (κ3) is 5.13. The van der Waals surface area contributed by atoms with Crippen molar-refractivity contribution in [2.24, 2.45) is 5.92 Å². The van der Waals surface area contributed by atoms with Gasteiger partial charge in [0.2, 0.25) is 0 Å². The number of aromatic nitrogens is 3. The summed E-state index contributed by atoms with van der Waals surface area (Å²) in [6.45, 7) is 4.41. The molecule has 8 rings (SSSR count). The van der Waals surface area contributed by atoms with Crippen LogP contribution >= 0.6 is 0 Å². The smallest absolute Gasteiger partial charge is 0.164 e. The fourth-order valence-electron chi connectivity index (χ4n) is 6.48. The largest absolute Gasteiger partial charge is 0.456 e. The van der Waals surface area contributed by atoms with Gasteiger partial charge in [0, 0.05) is 27.5 Å². The van der Waals surface area contributed by atoms with E-state index in [9.17, 15) is 0 Å². The maximum absolute atomic E-state index is 6.40. The quantitative estimate of drug-likeness (QED) is 0.177. The Bertz CT molecular complexity index is 2510. The zero-order valence-electron chi connectivity index (χ0n) is 26.2. The molecule has 224 valence electrons. The lowest BCUT2D eigenvalue weighted by molar-refractivity contribution is 0.591. The van der Waals surface area contributed by atoms with Crippen LogP contribution in [0.1, 0.15) is 25.3 Å². The number of terminal acetylenes is 1. The summed E-state index contributed by atoms with van der Waals surface area (Å²) in [5.74, 6) is 5.06. The Kier molecular flexibility index (Phi) is 7.08. The highest BCUT2D eigenvalue weighted by atomic mass is 16.3. The van der Waals surface area contributed by atoms with E-state index in [2.05, 4.69) is 129 Å². The van der Waals surface area contributed by atoms with Crippen molar-refractivity contribution in [3.05, 3.63) is 139 Å². The summed E-state index contributed by atoms with van der Waals surface area (Å²) in [5, 5.41) is 6.55. The number of hydrogen-bond donors (Lipinski definition) is 0. The highest BCUT2D eigenvalue weighted by Gasteiger charge is 2.19. The normalized spacial score (nSPS) is 13.0. The van der Waals surface area contributed by atoms with Crippen molar-refractivity contribution >= 4 is 43.5 Å². The second-order valence-electron chi connectivity index (χ2n) is 12.1. The first-order valence-electron chi connectivity index (χ1n) is 15.9. The number of fused-ring (bicyclic) bond motifs is 5. The average Bonchev–Trinajstić information content (AvgIpc) is 3.49. The number of benzene rings is 6. The van der Waals surface area contributed by atoms with E-state index in [0.29, 0.717) is 29.3 Å². The van der Waals surface area contributed by atoms with Crippen LogP contribution in [0.25, 0.3) is 77.6 Å². The zero-order valence-corrected chi connectivity index (χ0v) is 26.2. The minimum absolute atomic E-state index is 0.303. The van der Waals surface area contributed by atoms with E-state index in [1.807, 2.05) is 18.2 Å². The molecule has 2 atom stereocenters. The number of rotatable bonds is 6. The molecule has 0 saturated carbocycles. The van der Waals surface area contributed by atoms with Crippen LogP contribution in [0.2, 0.25) is 0 Å². The Morgan fingerprint density at radius 2 is 1.26 bits per heavy atom. The van der Waals surface area contributed by atoms with E-state index >= 15 is 0 Å². The van der Waals surface area contributed by atoms with E-state index in [0.717, 1.165) is 60.2 Å². The summed E-state index contributed by atoms with van der Waals surface area (Å²) in [4.78, 5) is 15.4. The van der Waals surface area contributed by atoms with Crippen LogP contribution in [0.4, 0.5) is 0 Å². The molecule has 0 saturated heterocycles. The molecule has 0 aliphatic carbocycles. The molecule has 2 heterocycles. The van der Waals surface area contributed by atoms with Crippen molar-refractivity contribution in [3.63, 3.8) is 0 Å². The monoisotopic (exact) mass is 605 g/mol. The molecule has 4 nitrogen and oxygen atoms in total. The maximum atomic E-state index is 6.40. The molecule has 0 fully saturated rings. The summed E-state index contributed by atoms with van der Waals surface area (Å²) in [6, 6.07) is 41.9. The SMILES string of the molecule is C#C/C=C\C(C)C(C)c1ccc(-c2nc(-c3cccc4ccccc34)nc(-c3cccc4oc5cc6ccccc6cc5c34)n2)cc1. The van der Waals surface area contributed by atoms with Gasteiger partial charge in [0.05, 0.1) is 0 Å². The number of allylic oxidation sites excluding steroid dienone is 2. The van der Waals surface area contributed by atoms with Gasteiger partial charge in [-0.1, -0.05) is 129 Å². The minimum Gasteiger partial charge on any atom is -0.456 e. The second-order valence-corrected chi connectivity index (χ2v) is 12.1. The van der Waals surface area contributed by atoms with Gasteiger partial charge in [0.1, 0.15) is 11.2 Å². The predicted molar refractivity (Wildman–Crippen MR) is 194 cm³/mol. The van der Waals surface area contributed by atoms with Crippen LogP contribution in [0.3, 0.4) is 0 Å². The Morgan fingerprint density at radius 3 is 2.04 bits per heavy atom. The lowest BCUT2D eigenvalue weighted by atomic mass is 9.88. The fourth-order valence-corrected chi connectivity index (χ4v) is 6.48. The highest BCUT2D eigenvalue weighted by Crippen LogP contribution is 2.39. The van der Waals surface area contributed by atoms with Gasteiger partial charge in [-0.25, -0.2) is 15.0 Å². The van der Waals surface area contributed by atoms with Crippen molar-refractivity contribution in [3.8, 4) is 46.5 Å². The lowest BCUT2D eigenvalue weighted by Crippen LogP contribution is -2.04. The van der Waals surface area contributed by atoms with Gasteiger partial charge < -0.3 is 4.42 Å². The molecule has 0 N–H and O–H groups in total. The van der Waals surface area contributed by atoms with Crippen LogP contribution in [0, 0.1) is 18.3 Å². The number of hydrogen-bond acceptors (Lipinski definition) is 4. The van der Waals surface area contributed by atoms with Gasteiger partial charge >= 0.3 is 0 Å². The third-order valence-electron chi connectivity index (χ3n) is 9.25. The van der Waals surface area contributed by atoms with Crippen molar-refractivity contribution in [2.45, 2.75) is 19.8 Å².